The van der Waals surface area contributed by atoms with Gasteiger partial charge in [0.1, 0.15) is 18.0 Å². The van der Waals surface area contributed by atoms with Crippen molar-refractivity contribution in [3.05, 3.63) is 11.9 Å². The number of rotatable bonds is 2. The third-order valence-electron chi connectivity index (χ3n) is 3.98. The Morgan fingerprint density at radius 1 is 1.38 bits per heavy atom. The van der Waals surface area contributed by atoms with E-state index in [9.17, 15) is 0 Å². The maximum atomic E-state index is 4.46. The first kappa shape index (κ1) is 9.87. The zero-order chi connectivity index (χ0) is 11.1. The second-order valence-electron chi connectivity index (χ2n) is 4.91. The molecule has 4 nitrogen and oxygen atoms in total. The first-order chi connectivity index (χ1) is 7.79. The van der Waals surface area contributed by atoms with Crippen LogP contribution in [0.5, 0.6) is 0 Å². The van der Waals surface area contributed by atoms with E-state index >= 15 is 0 Å². The van der Waals surface area contributed by atoms with Gasteiger partial charge in [-0.15, -0.1) is 0 Å². The molecule has 0 radical (unpaired) electrons. The monoisotopic (exact) mass is 218 g/mol. The Balaban J connectivity index is 1.95. The number of aromatic nitrogens is 2. The third-order valence-corrected chi connectivity index (χ3v) is 3.98. The summed E-state index contributed by atoms with van der Waals surface area (Å²) in [7, 11) is 1.91. The summed E-state index contributed by atoms with van der Waals surface area (Å²) in [5, 5.41) is 3.13. The summed E-state index contributed by atoms with van der Waals surface area (Å²) < 4.78 is 0. The highest BCUT2D eigenvalue weighted by atomic mass is 15.3. The molecule has 1 aromatic rings. The average Bonchev–Trinajstić information content (AvgIpc) is 2.91. The summed E-state index contributed by atoms with van der Waals surface area (Å²) in [5.74, 6) is 2.98. The molecular weight excluding hydrogens is 200 g/mol. The molecule has 2 atom stereocenters. The van der Waals surface area contributed by atoms with Gasteiger partial charge in [-0.05, 0) is 32.1 Å². The fourth-order valence-corrected chi connectivity index (χ4v) is 3.17. The minimum absolute atomic E-state index is 0.725. The van der Waals surface area contributed by atoms with Crippen LogP contribution in [-0.2, 0) is 0 Å². The van der Waals surface area contributed by atoms with Crippen LogP contribution in [0.4, 0.5) is 11.6 Å². The molecule has 0 amide bonds. The van der Waals surface area contributed by atoms with Crippen molar-refractivity contribution in [2.75, 3.05) is 23.8 Å². The van der Waals surface area contributed by atoms with Crippen LogP contribution < -0.4 is 10.2 Å². The standard InChI is InChI=1S/C12H18N4/c1-8-11(13-2)14-7-15-12(8)16-6-9-3-4-10(16)5-9/h7,9-10H,3-6H2,1-2H3,(H,13,14,15). The van der Waals surface area contributed by atoms with Crippen LogP contribution in [0.15, 0.2) is 6.33 Å². The summed E-state index contributed by atoms with van der Waals surface area (Å²) in [6, 6.07) is 0.725. The Kier molecular flexibility index (Phi) is 2.23. The Hall–Kier alpha value is -1.32. The number of fused-ring (bicyclic) bond motifs is 2. The third kappa shape index (κ3) is 1.36. The van der Waals surface area contributed by atoms with E-state index in [4.69, 9.17) is 0 Å². The van der Waals surface area contributed by atoms with E-state index in [1.165, 1.54) is 31.4 Å². The molecule has 2 bridgehead atoms. The molecule has 2 fully saturated rings. The zero-order valence-electron chi connectivity index (χ0n) is 9.90. The maximum absolute atomic E-state index is 4.46. The summed E-state index contributed by atoms with van der Waals surface area (Å²) in [4.78, 5) is 11.2. The lowest BCUT2D eigenvalue weighted by molar-refractivity contribution is 0.549. The molecule has 1 saturated heterocycles. The van der Waals surface area contributed by atoms with Gasteiger partial charge in [-0.2, -0.15) is 0 Å². The molecule has 86 valence electrons. The van der Waals surface area contributed by atoms with Gasteiger partial charge in [0.05, 0.1) is 0 Å². The molecule has 0 aromatic carbocycles. The second-order valence-corrected chi connectivity index (χ2v) is 4.91. The van der Waals surface area contributed by atoms with Gasteiger partial charge >= 0.3 is 0 Å². The minimum atomic E-state index is 0.725. The second kappa shape index (κ2) is 3.61. The SMILES string of the molecule is CNc1ncnc(N2CC3CCC2C3)c1C. The van der Waals surface area contributed by atoms with Crippen molar-refractivity contribution in [3.63, 3.8) is 0 Å². The number of anilines is 2. The van der Waals surface area contributed by atoms with E-state index in [0.717, 1.165) is 23.6 Å². The number of piperidine rings is 1. The van der Waals surface area contributed by atoms with Gasteiger partial charge in [-0.3, -0.25) is 0 Å². The van der Waals surface area contributed by atoms with Crippen molar-refractivity contribution < 1.29 is 0 Å². The van der Waals surface area contributed by atoms with E-state index in [2.05, 4.69) is 27.1 Å². The maximum Gasteiger partial charge on any atom is 0.137 e. The molecule has 2 heterocycles. The van der Waals surface area contributed by atoms with Gasteiger partial charge in [-0.1, -0.05) is 0 Å². The lowest BCUT2D eigenvalue weighted by Crippen LogP contribution is -2.33. The Morgan fingerprint density at radius 3 is 2.88 bits per heavy atom. The molecule has 1 N–H and O–H groups in total. The van der Waals surface area contributed by atoms with E-state index in [1.54, 1.807) is 6.33 Å². The van der Waals surface area contributed by atoms with E-state index in [0.29, 0.717) is 0 Å². The Bertz CT molecular complexity index is 404. The Labute approximate surface area is 96.1 Å². The first-order valence-electron chi connectivity index (χ1n) is 6.05. The number of nitrogens with one attached hydrogen (secondary N) is 1. The van der Waals surface area contributed by atoms with Crippen molar-refractivity contribution in [2.45, 2.75) is 32.2 Å². The predicted molar refractivity (Wildman–Crippen MR) is 64.8 cm³/mol. The van der Waals surface area contributed by atoms with Crippen molar-refractivity contribution >= 4 is 11.6 Å². The number of hydrogen-bond acceptors (Lipinski definition) is 4. The normalized spacial score (nSPS) is 27.5. The fraction of sp³-hybridized carbons (Fsp3) is 0.667. The van der Waals surface area contributed by atoms with Crippen LogP contribution in [0.2, 0.25) is 0 Å². The highest BCUT2D eigenvalue weighted by Crippen LogP contribution is 2.40. The predicted octanol–water partition coefficient (Wildman–Crippen LogP) is 1.82. The first-order valence-corrected chi connectivity index (χ1v) is 6.05. The fourth-order valence-electron chi connectivity index (χ4n) is 3.17. The van der Waals surface area contributed by atoms with Gasteiger partial charge in [0, 0.05) is 25.2 Å². The molecule has 1 aliphatic heterocycles. The van der Waals surface area contributed by atoms with Crippen LogP contribution in [-0.4, -0.2) is 29.6 Å². The molecule has 1 aromatic heterocycles. The summed E-state index contributed by atoms with van der Waals surface area (Å²) in [5.41, 5.74) is 1.18. The highest BCUT2D eigenvalue weighted by Gasteiger charge is 2.39. The van der Waals surface area contributed by atoms with Crippen LogP contribution >= 0.6 is 0 Å². The zero-order valence-corrected chi connectivity index (χ0v) is 9.90. The molecule has 16 heavy (non-hydrogen) atoms. The van der Waals surface area contributed by atoms with Crippen LogP contribution in [0.25, 0.3) is 0 Å². The molecule has 2 aliphatic rings. The molecule has 4 heteroatoms. The quantitative estimate of drug-likeness (QED) is 0.822. The molecule has 1 aliphatic carbocycles. The van der Waals surface area contributed by atoms with Crippen molar-refractivity contribution in [1.29, 1.82) is 0 Å². The van der Waals surface area contributed by atoms with E-state index in [1.807, 2.05) is 7.05 Å². The lowest BCUT2D eigenvalue weighted by atomic mass is 10.1. The van der Waals surface area contributed by atoms with Gasteiger partial charge in [0.2, 0.25) is 0 Å². The van der Waals surface area contributed by atoms with Crippen molar-refractivity contribution in [3.8, 4) is 0 Å². The van der Waals surface area contributed by atoms with Gasteiger partial charge < -0.3 is 10.2 Å². The number of nitrogens with zero attached hydrogens (tertiary/aromatic N) is 3. The molecule has 2 unspecified atom stereocenters. The van der Waals surface area contributed by atoms with Gasteiger partial charge in [0.15, 0.2) is 0 Å². The van der Waals surface area contributed by atoms with Crippen molar-refractivity contribution in [1.82, 2.24) is 9.97 Å². The summed E-state index contributed by atoms with van der Waals surface area (Å²) >= 11 is 0. The van der Waals surface area contributed by atoms with Crippen molar-refractivity contribution in [2.24, 2.45) is 5.92 Å². The largest absolute Gasteiger partial charge is 0.373 e. The van der Waals surface area contributed by atoms with Crippen LogP contribution in [0.3, 0.4) is 0 Å². The van der Waals surface area contributed by atoms with E-state index in [-0.39, 0.29) is 0 Å². The van der Waals surface area contributed by atoms with Crippen LogP contribution in [0.1, 0.15) is 24.8 Å². The lowest BCUT2D eigenvalue weighted by Gasteiger charge is -2.29. The molecule has 0 spiro atoms. The van der Waals surface area contributed by atoms with Gasteiger partial charge in [0.25, 0.3) is 0 Å². The molecule has 1 saturated carbocycles. The molecule has 3 rings (SSSR count). The minimum Gasteiger partial charge on any atom is -0.373 e. The van der Waals surface area contributed by atoms with Gasteiger partial charge in [-0.25, -0.2) is 9.97 Å². The summed E-state index contributed by atoms with van der Waals surface area (Å²) in [6.45, 7) is 3.29. The molecular formula is C12H18N4. The highest BCUT2D eigenvalue weighted by molar-refractivity contribution is 5.59. The topological polar surface area (TPSA) is 41.1 Å². The average molecular weight is 218 g/mol. The number of hydrogen-bond donors (Lipinski definition) is 1. The Morgan fingerprint density at radius 2 is 2.25 bits per heavy atom. The van der Waals surface area contributed by atoms with Crippen LogP contribution in [0, 0.1) is 12.8 Å². The van der Waals surface area contributed by atoms with E-state index < -0.39 is 0 Å². The smallest absolute Gasteiger partial charge is 0.137 e. The summed E-state index contributed by atoms with van der Waals surface area (Å²) in [6.07, 6.45) is 5.77.